The molecule has 0 unspecified atom stereocenters. The molecule has 0 bridgehead atoms. The van der Waals surface area contributed by atoms with Crippen molar-refractivity contribution in [2.45, 2.75) is 19.8 Å². The fraction of sp³-hybridized carbons (Fsp3) is 0.188. The Morgan fingerprint density at radius 2 is 1.60 bits per heavy atom. The van der Waals surface area contributed by atoms with Crippen molar-refractivity contribution in [3.63, 3.8) is 0 Å². The number of carbonyl (C=O) groups is 1. The normalized spacial score (nSPS) is 10.6. The van der Waals surface area contributed by atoms with Gasteiger partial charge < -0.3 is 5.32 Å². The number of halogens is 1. The minimum Gasteiger partial charge on any atom is -0.322 e. The van der Waals surface area contributed by atoms with E-state index in [1.165, 1.54) is 0 Å². The monoisotopic (exact) mass is 363 g/mol. The highest BCUT2D eigenvalue weighted by Gasteiger charge is 2.27. The summed E-state index contributed by atoms with van der Waals surface area (Å²) in [5, 5.41) is 24.1. The van der Waals surface area contributed by atoms with Gasteiger partial charge in [0.2, 0.25) is 0 Å². The van der Waals surface area contributed by atoms with Gasteiger partial charge in [-0.05, 0) is 17.5 Å². The largest absolute Gasteiger partial charge is 0.322 e. The highest BCUT2D eigenvalue weighted by molar-refractivity contribution is 6.35. The third-order valence-corrected chi connectivity index (χ3v) is 3.91. The average Bonchev–Trinajstić information content (AvgIpc) is 2.54. The van der Waals surface area contributed by atoms with Crippen molar-refractivity contribution in [3.8, 4) is 0 Å². The summed E-state index contributed by atoms with van der Waals surface area (Å²) in [6.45, 7) is 3.89. The molecular weight excluding hydrogens is 350 g/mol. The summed E-state index contributed by atoms with van der Waals surface area (Å²) in [6, 6.07) is 8.92. The van der Waals surface area contributed by atoms with Gasteiger partial charge in [0, 0.05) is 17.8 Å². The van der Waals surface area contributed by atoms with Gasteiger partial charge in [-0.15, -0.1) is 0 Å². The van der Waals surface area contributed by atoms with Crippen LogP contribution in [0.4, 0.5) is 17.1 Å². The van der Waals surface area contributed by atoms with Crippen molar-refractivity contribution in [1.29, 1.82) is 0 Å². The Hall–Kier alpha value is -3.00. The zero-order chi connectivity index (χ0) is 18.7. The summed E-state index contributed by atoms with van der Waals surface area (Å²) in [7, 11) is 0. The number of nitrogens with zero attached hydrogens (tertiary/aromatic N) is 2. The lowest BCUT2D eigenvalue weighted by molar-refractivity contribution is -0.393. The third kappa shape index (κ3) is 3.92. The Bertz CT molecular complexity index is 832. The first-order valence-corrected chi connectivity index (χ1v) is 7.62. The Balaban J connectivity index is 2.47. The van der Waals surface area contributed by atoms with Crippen LogP contribution in [0, 0.1) is 20.2 Å². The number of para-hydroxylation sites is 1. The number of hydrogen-bond donors (Lipinski definition) is 1. The molecule has 0 aliphatic heterocycles. The van der Waals surface area contributed by atoms with Crippen LogP contribution in [0.1, 0.15) is 35.7 Å². The van der Waals surface area contributed by atoms with Crippen LogP contribution in [0.2, 0.25) is 5.02 Å². The van der Waals surface area contributed by atoms with Crippen molar-refractivity contribution in [2.75, 3.05) is 5.32 Å². The number of hydrogen-bond acceptors (Lipinski definition) is 5. The maximum absolute atomic E-state index is 12.5. The molecule has 1 amide bonds. The van der Waals surface area contributed by atoms with Gasteiger partial charge >= 0.3 is 0 Å². The van der Waals surface area contributed by atoms with Crippen LogP contribution in [-0.2, 0) is 0 Å². The number of carbonyl (C=O) groups excluding carboxylic acids is 1. The quantitative estimate of drug-likeness (QED) is 0.618. The van der Waals surface area contributed by atoms with Crippen LogP contribution >= 0.6 is 11.6 Å². The van der Waals surface area contributed by atoms with Gasteiger partial charge in [0.15, 0.2) is 5.02 Å². The highest BCUT2D eigenvalue weighted by Crippen LogP contribution is 2.35. The van der Waals surface area contributed by atoms with Gasteiger partial charge in [0.25, 0.3) is 17.3 Å². The molecule has 2 aromatic rings. The lowest BCUT2D eigenvalue weighted by Gasteiger charge is -2.13. The molecule has 0 fully saturated rings. The first kappa shape index (κ1) is 18.3. The van der Waals surface area contributed by atoms with E-state index in [4.69, 9.17) is 11.6 Å². The molecule has 130 valence electrons. The van der Waals surface area contributed by atoms with Crippen molar-refractivity contribution in [2.24, 2.45) is 0 Å². The first-order chi connectivity index (χ1) is 11.7. The third-order valence-electron chi connectivity index (χ3n) is 3.52. The lowest BCUT2D eigenvalue weighted by atomic mass is 10.0. The molecule has 0 atom stereocenters. The molecule has 0 aromatic heterocycles. The fourth-order valence-corrected chi connectivity index (χ4v) is 2.55. The maximum atomic E-state index is 12.5. The van der Waals surface area contributed by atoms with Crippen LogP contribution in [-0.4, -0.2) is 15.8 Å². The molecule has 25 heavy (non-hydrogen) atoms. The Kier molecular flexibility index (Phi) is 5.33. The van der Waals surface area contributed by atoms with Crippen molar-refractivity contribution >= 4 is 34.6 Å². The van der Waals surface area contributed by atoms with Gasteiger partial charge in [-0.1, -0.05) is 43.6 Å². The molecule has 8 nitrogen and oxygen atoms in total. The van der Waals surface area contributed by atoms with E-state index >= 15 is 0 Å². The van der Waals surface area contributed by atoms with Gasteiger partial charge in [0.05, 0.1) is 15.4 Å². The second kappa shape index (κ2) is 7.27. The molecule has 0 heterocycles. The minimum atomic E-state index is -0.867. The van der Waals surface area contributed by atoms with E-state index in [0.29, 0.717) is 5.69 Å². The number of amides is 1. The maximum Gasteiger partial charge on any atom is 0.295 e. The summed E-state index contributed by atoms with van der Waals surface area (Å²) < 4.78 is 0. The molecular formula is C16H14ClN3O5. The van der Waals surface area contributed by atoms with Crippen molar-refractivity contribution < 1.29 is 14.6 Å². The molecule has 2 aromatic carbocycles. The minimum absolute atomic E-state index is 0.130. The predicted octanol–water partition coefficient (Wildman–Crippen LogP) is 4.53. The van der Waals surface area contributed by atoms with Crippen LogP contribution in [0.5, 0.6) is 0 Å². The lowest BCUT2D eigenvalue weighted by Crippen LogP contribution is -2.14. The number of nitrogens with one attached hydrogen (secondary N) is 1. The van der Waals surface area contributed by atoms with E-state index in [1.807, 2.05) is 26.0 Å². The summed E-state index contributed by atoms with van der Waals surface area (Å²) in [5.74, 6) is -0.568. The molecule has 0 saturated heterocycles. The first-order valence-electron chi connectivity index (χ1n) is 7.25. The van der Waals surface area contributed by atoms with E-state index in [2.05, 4.69) is 5.32 Å². The molecule has 0 radical (unpaired) electrons. The topological polar surface area (TPSA) is 115 Å². The Morgan fingerprint density at radius 3 is 2.08 bits per heavy atom. The van der Waals surface area contributed by atoms with Crippen LogP contribution < -0.4 is 5.32 Å². The predicted molar refractivity (Wildman–Crippen MR) is 93.2 cm³/mol. The molecule has 0 aliphatic rings. The number of nitro groups is 2. The number of anilines is 1. The van der Waals surface area contributed by atoms with E-state index in [9.17, 15) is 25.0 Å². The van der Waals surface area contributed by atoms with Gasteiger partial charge in [-0.3, -0.25) is 25.0 Å². The van der Waals surface area contributed by atoms with E-state index in [1.54, 1.807) is 12.1 Å². The summed E-state index contributed by atoms with van der Waals surface area (Å²) in [5.41, 5.74) is -0.214. The zero-order valence-corrected chi connectivity index (χ0v) is 14.1. The fourth-order valence-electron chi connectivity index (χ4n) is 2.30. The van der Waals surface area contributed by atoms with Gasteiger partial charge in [0.1, 0.15) is 0 Å². The van der Waals surface area contributed by atoms with Gasteiger partial charge in [-0.2, -0.15) is 0 Å². The second-order valence-corrected chi connectivity index (χ2v) is 5.92. The molecule has 0 aliphatic carbocycles. The van der Waals surface area contributed by atoms with Crippen LogP contribution in [0.3, 0.4) is 0 Å². The number of nitro benzene ring substituents is 2. The molecule has 0 spiro atoms. The summed E-state index contributed by atoms with van der Waals surface area (Å²) >= 11 is 5.69. The zero-order valence-electron chi connectivity index (χ0n) is 13.4. The molecule has 9 heteroatoms. The SMILES string of the molecule is CC(C)c1ccccc1NC(=O)c1cc([N+](=O)[O-])c(Cl)c([N+](=O)[O-])c1. The second-order valence-electron chi connectivity index (χ2n) is 5.54. The van der Waals surface area contributed by atoms with E-state index in [-0.39, 0.29) is 11.5 Å². The summed E-state index contributed by atoms with van der Waals surface area (Å²) in [6.07, 6.45) is 0. The molecule has 0 saturated carbocycles. The number of rotatable bonds is 5. The average molecular weight is 364 g/mol. The van der Waals surface area contributed by atoms with Crippen molar-refractivity contribution in [3.05, 3.63) is 72.8 Å². The smallest absolute Gasteiger partial charge is 0.295 e. The summed E-state index contributed by atoms with van der Waals surface area (Å²) in [4.78, 5) is 32.8. The van der Waals surface area contributed by atoms with Crippen LogP contribution in [0.15, 0.2) is 36.4 Å². The highest BCUT2D eigenvalue weighted by atomic mass is 35.5. The van der Waals surface area contributed by atoms with E-state index < -0.39 is 32.2 Å². The number of benzene rings is 2. The molecule has 1 N–H and O–H groups in total. The molecule has 2 rings (SSSR count). The standard InChI is InChI=1S/C16H14ClN3O5/c1-9(2)11-5-3-4-6-12(11)18-16(21)10-7-13(19(22)23)15(17)14(8-10)20(24)25/h3-9H,1-2H3,(H,18,21). The van der Waals surface area contributed by atoms with Gasteiger partial charge in [-0.25, -0.2) is 0 Å². The van der Waals surface area contributed by atoms with Crippen molar-refractivity contribution in [1.82, 2.24) is 0 Å². The Morgan fingerprint density at radius 1 is 1.08 bits per heavy atom. The van der Waals surface area contributed by atoms with Crippen LogP contribution in [0.25, 0.3) is 0 Å². The Labute approximate surface area is 147 Å². The van der Waals surface area contributed by atoms with E-state index in [0.717, 1.165) is 17.7 Å².